The van der Waals surface area contributed by atoms with E-state index >= 15 is 0 Å². The van der Waals surface area contributed by atoms with Gasteiger partial charge in [0.05, 0.1) is 101 Å². The van der Waals surface area contributed by atoms with Gasteiger partial charge in [-0.15, -0.1) is 12.3 Å². The van der Waals surface area contributed by atoms with Crippen molar-refractivity contribution in [2.75, 3.05) is 26.4 Å². The average Bonchev–Trinajstić information content (AvgIpc) is 0.776. The molecule has 30 heteroatoms. The Bertz CT molecular complexity index is 3430. The van der Waals surface area contributed by atoms with Crippen LogP contribution in [0.25, 0.3) is 0 Å². The number of hydrogen-bond acceptors (Lipinski definition) is 27. The summed E-state index contributed by atoms with van der Waals surface area (Å²) in [5, 5.41) is 0. The minimum absolute atomic E-state index is 0.0224. The van der Waals surface area contributed by atoms with Crippen molar-refractivity contribution in [2.24, 2.45) is 59.2 Å². The molecule has 27 nitrogen and oxygen atoms in total. The number of benzene rings is 3. The fourth-order valence-electron chi connectivity index (χ4n) is 14.5. The molecule has 0 radical (unpaired) electrons. The molecule has 0 amide bonds. The van der Waals surface area contributed by atoms with Crippen LogP contribution in [0, 0.1) is 71.5 Å². The maximum atomic E-state index is 12.4. The Morgan fingerprint density at radius 1 is 0.343 bits per heavy atom. The molecule has 6 aliphatic rings. The highest BCUT2D eigenvalue weighted by Crippen LogP contribution is 2.45. The standard InChI is InChI=1S/C72H106O27S3/c1-15-16-26-33-82-67-43(5)40(2)60(56(92-67)37-86-100(73,74)75)96-71-48(10)63(84-35-54-29-22-18-23-30-54)65(51(13)90-71)99-69-45(7)42(4)62(58(94-69)39-88-102(79,80)81)97-72-49(11)64(85-36-55-31-24-19-25-32-55)66(52(14)91-72)98-68-44(6)41(3)61(57(93-68)38-87-101(76,77)78)95-70-47(9)59(46(8)50(12)89-70)83-34-53-27-20-17-21-28-53/h1,17-25,27-32,40-52,56-72H,16,26,33-39H2,2-14H3,(H,73,74,75)(H,76,77,78)(H,79,80,81)/p-3/t40-,41-,42-,43?,44?,45?,46+,47?,48?,49?,50?,51?,52?,56?,57?,58?,59-,60-,61-,62-,63+,64+,65+,66+,67?,68+,69+,70+,71+,72+/m1/s1. The van der Waals surface area contributed by atoms with Crippen molar-refractivity contribution in [3.8, 4) is 12.3 Å². The highest BCUT2D eigenvalue weighted by atomic mass is 32.3. The van der Waals surface area contributed by atoms with E-state index < -0.39 is 198 Å². The molecule has 9 rings (SSSR count). The molecule has 0 saturated carbocycles. The molecule has 6 saturated heterocycles. The van der Waals surface area contributed by atoms with Crippen LogP contribution in [0.3, 0.4) is 0 Å². The van der Waals surface area contributed by atoms with Gasteiger partial charge < -0.3 is 84.7 Å². The van der Waals surface area contributed by atoms with Crippen molar-refractivity contribution in [3.63, 3.8) is 0 Å². The zero-order valence-corrected chi connectivity index (χ0v) is 62.6. The summed E-state index contributed by atoms with van der Waals surface area (Å²) in [5.41, 5.74) is 2.67. The van der Waals surface area contributed by atoms with Gasteiger partial charge in [0.1, 0.15) is 30.5 Å². The van der Waals surface area contributed by atoms with Crippen molar-refractivity contribution in [3.05, 3.63) is 108 Å². The first kappa shape index (κ1) is 82.3. The Morgan fingerprint density at radius 2 is 0.637 bits per heavy atom. The zero-order chi connectivity index (χ0) is 74.0. The van der Waals surface area contributed by atoms with E-state index in [0.29, 0.717) is 19.4 Å². The van der Waals surface area contributed by atoms with E-state index in [1.165, 1.54) is 0 Å². The third-order valence-electron chi connectivity index (χ3n) is 21.3. The third kappa shape index (κ3) is 22.0. The smallest absolute Gasteiger partial charge is 0.217 e. The minimum Gasteiger partial charge on any atom is -0.726 e. The minimum atomic E-state index is -5.31. The maximum Gasteiger partial charge on any atom is 0.217 e. The lowest BCUT2D eigenvalue weighted by Gasteiger charge is -2.52. The molecule has 30 atom stereocenters. The molecular formula is C72H103O27S3-3. The van der Waals surface area contributed by atoms with Gasteiger partial charge in [-0.05, 0) is 61.6 Å². The molecule has 0 aliphatic carbocycles. The summed E-state index contributed by atoms with van der Waals surface area (Å²) < 4.78 is 224. The van der Waals surface area contributed by atoms with Crippen molar-refractivity contribution in [2.45, 2.75) is 246 Å². The molecule has 13 unspecified atom stereocenters. The first-order valence-corrected chi connectivity index (χ1v) is 39.3. The van der Waals surface area contributed by atoms with Gasteiger partial charge >= 0.3 is 0 Å². The Balaban J connectivity index is 0.935. The molecule has 6 heterocycles. The van der Waals surface area contributed by atoms with Crippen molar-refractivity contribution < 1.29 is 123 Å². The third-order valence-corrected chi connectivity index (χ3v) is 22.5. The maximum absolute atomic E-state index is 12.4. The van der Waals surface area contributed by atoms with Crippen molar-refractivity contribution in [1.29, 1.82) is 0 Å². The number of unbranched alkanes of at least 4 members (excludes halogenated alkanes) is 1. The second kappa shape index (κ2) is 36.9. The van der Waals surface area contributed by atoms with Gasteiger partial charge in [0.25, 0.3) is 0 Å². The summed E-state index contributed by atoms with van der Waals surface area (Å²) in [4.78, 5) is 0. The first-order chi connectivity index (χ1) is 48.3. The molecule has 3 aromatic rings. The second-order valence-electron chi connectivity index (χ2n) is 28.4. The summed E-state index contributed by atoms with van der Waals surface area (Å²) in [5.74, 6) is -1.80. The molecule has 3 aromatic carbocycles. The van der Waals surface area contributed by atoms with Gasteiger partial charge in [-0.1, -0.05) is 160 Å². The lowest BCUT2D eigenvalue weighted by atomic mass is 9.83. The predicted octanol–water partition coefficient (Wildman–Crippen LogP) is 8.30. The highest BCUT2D eigenvalue weighted by Gasteiger charge is 2.56. The molecule has 0 N–H and O–H groups in total. The quantitative estimate of drug-likeness (QED) is 0.0245. The van der Waals surface area contributed by atoms with Gasteiger partial charge in [0.2, 0.25) is 31.2 Å². The van der Waals surface area contributed by atoms with Gasteiger partial charge in [0.15, 0.2) is 37.7 Å². The van der Waals surface area contributed by atoms with E-state index in [9.17, 15) is 38.9 Å². The van der Waals surface area contributed by atoms with Gasteiger partial charge in [-0.25, -0.2) is 25.3 Å². The second-order valence-corrected chi connectivity index (χ2v) is 31.5. The topological polar surface area (TPSA) is 338 Å². The van der Waals surface area contributed by atoms with Crippen LogP contribution in [0.5, 0.6) is 0 Å². The largest absolute Gasteiger partial charge is 0.726 e. The monoisotopic (exact) mass is 1500 g/mol. The summed E-state index contributed by atoms with van der Waals surface area (Å²) in [6, 6.07) is 28.7. The summed E-state index contributed by atoms with van der Waals surface area (Å²) in [6.45, 7) is 23.2. The van der Waals surface area contributed by atoms with Crippen LogP contribution in [0.4, 0.5) is 0 Å². The van der Waals surface area contributed by atoms with Gasteiger partial charge in [-0.3, -0.25) is 12.5 Å². The van der Waals surface area contributed by atoms with Crippen LogP contribution in [-0.4, -0.2) is 189 Å². The molecule has 0 bridgehead atoms. The SMILES string of the molecule is C#CCCCOC1OC(COS(=O)(=O)[O-])[C@H](O[C@@H]2OC(C)[C@H](O[C@@H]3OC(COS(=O)(=O)[O-])[C@H](O[C@@H]4OC(C)[C@H](O[C@@H]5OC(COS(=O)(=O)[O-])[C@H](O[C@@H]6OC(C)[C@H](C)[C@@H](OCc7ccccc7)C6C)[C@H](C)C5C)[C@@H](OCc5ccccc5)C4C)[C@H](C)C3C)[C@@H](OCc3ccccc3)C2C)[C@H](C)C1C. The predicted molar refractivity (Wildman–Crippen MR) is 361 cm³/mol. The van der Waals surface area contributed by atoms with Crippen LogP contribution in [-0.2, 0) is 135 Å². The fourth-order valence-corrected chi connectivity index (χ4v) is 15.4. The van der Waals surface area contributed by atoms with Crippen molar-refractivity contribution >= 4 is 31.2 Å². The van der Waals surface area contributed by atoms with E-state index in [1.54, 1.807) is 13.8 Å². The van der Waals surface area contributed by atoms with E-state index in [-0.39, 0.29) is 55.7 Å². The van der Waals surface area contributed by atoms with E-state index in [4.69, 9.17) is 90.0 Å². The summed E-state index contributed by atoms with van der Waals surface area (Å²) in [6.07, 6.45) is -11.8. The Labute approximate surface area is 602 Å². The molecule has 6 aliphatic heterocycles. The van der Waals surface area contributed by atoms with Crippen LogP contribution in [0.1, 0.15) is 120 Å². The number of hydrogen-bond donors (Lipinski definition) is 0. The Kier molecular flexibility index (Phi) is 29.8. The molecular weight excluding hydrogens is 1390 g/mol. The molecule has 574 valence electrons. The number of rotatable bonds is 32. The van der Waals surface area contributed by atoms with E-state index in [1.807, 2.05) is 160 Å². The van der Waals surface area contributed by atoms with E-state index in [2.05, 4.69) is 12.8 Å². The Morgan fingerprint density at radius 3 is 0.980 bits per heavy atom. The van der Waals surface area contributed by atoms with Crippen LogP contribution >= 0.6 is 0 Å². The van der Waals surface area contributed by atoms with Crippen LogP contribution in [0.15, 0.2) is 91.0 Å². The van der Waals surface area contributed by atoms with Crippen LogP contribution in [0.2, 0.25) is 0 Å². The average molecular weight is 1500 g/mol. The molecule has 102 heavy (non-hydrogen) atoms. The van der Waals surface area contributed by atoms with Crippen molar-refractivity contribution in [1.82, 2.24) is 0 Å². The summed E-state index contributed by atoms with van der Waals surface area (Å²) >= 11 is 0. The number of ether oxygens (including phenoxy) is 15. The molecule has 6 fully saturated rings. The molecule has 0 aromatic heterocycles. The van der Waals surface area contributed by atoms with Gasteiger partial charge in [0, 0.05) is 47.8 Å². The summed E-state index contributed by atoms with van der Waals surface area (Å²) in [7, 11) is -15.7. The lowest BCUT2D eigenvalue weighted by molar-refractivity contribution is -0.376. The fraction of sp³-hybridized carbons (Fsp3) is 0.722. The first-order valence-electron chi connectivity index (χ1n) is 35.3. The zero-order valence-electron chi connectivity index (χ0n) is 60.2. The van der Waals surface area contributed by atoms with Gasteiger partial charge in [-0.2, -0.15) is 0 Å². The normalized spacial score (nSPS) is 39.4. The van der Waals surface area contributed by atoms with Crippen LogP contribution < -0.4 is 0 Å². The lowest BCUT2D eigenvalue weighted by Crippen LogP contribution is -2.62. The number of terminal acetylenes is 1. The van der Waals surface area contributed by atoms with E-state index in [0.717, 1.165) is 16.7 Å². The molecule has 0 spiro atoms. The Hall–Kier alpha value is -3.77. The highest BCUT2D eigenvalue weighted by molar-refractivity contribution is 7.81.